The van der Waals surface area contributed by atoms with Crippen LogP contribution in [-0.4, -0.2) is 7.05 Å². The van der Waals surface area contributed by atoms with E-state index in [-0.39, 0.29) is 5.82 Å². The first kappa shape index (κ1) is 14.1. The second-order valence-corrected chi connectivity index (χ2v) is 5.53. The van der Waals surface area contributed by atoms with Gasteiger partial charge in [0.1, 0.15) is 5.82 Å². The molecular weight excluding hydrogens is 257 g/mol. The van der Waals surface area contributed by atoms with Crippen LogP contribution >= 0.6 is 11.8 Å². The van der Waals surface area contributed by atoms with E-state index in [0.717, 1.165) is 11.3 Å². The molecule has 100 valence electrons. The number of benzene rings is 2. The first-order valence-electron chi connectivity index (χ1n) is 6.31. The highest BCUT2D eigenvalue weighted by Crippen LogP contribution is 2.27. The minimum atomic E-state index is -0.133. The first-order valence-corrected chi connectivity index (χ1v) is 7.29. The van der Waals surface area contributed by atoms with Gasteiger partial charge in [-0.05, 0) is 42.8 Å². The van der Waals surface area contributed by atoms with Gasteiger partial charge in [0.2, 0.25) is 0 Å². The van der Waals surface area contributed by atoms with Gasteiger partial charge in [-0.3, -0.25) is 0 Å². The van der Waals surface area contributed by atoms with Crippen LogP contribution in [0.5, 0.6) is 0 Å². The number of nitrogens with one attached hydrogen (secondary N) is 1. The maximum absolute atomic E-state index is 13.9. The second kappa shape index (κ2) is 6.73. The summed E-state index contributed by atoms with van der Waals surface area (Å²) in [6.07, 6.45) is 0. The van der Waals surface area contributed by atoms with Crippen LogP contribution in [0.2, 0.25) is 0 Å². The summed E-state index contributed by atoms with van der Waals surface area (Å²) in [6, 6.07) is 13.7. The summed E-state index contributed by atoms with van der Waals surface area (Å²) in [5, 5.41) is 3.02. The van der Waals surface area contributed by atoms with E-state index >= 15 is 0 Å². The number of rotatable bonds is 5. The third kappa shape index (κ3) is 3.82. The third-order valence-electron chi connectivity index (χ3n) is 3.02. The second-order valence-electron chi connectivity index (χ2n) is 4.51. The molecule has 0 atom stereocenters. The van der Waals surface area contributed by atoms with Crippen LogP contribution in [-0.2, 0) is 12.3 Å². The summed E-state index contributed by atoms with van der Waals surface area (Å²) in [7, 11) is 1.86. The van der Waals surface area contributed by atoms with Crippen molar-refractivity contribution in [3.05, 3.63) is 65.0 Å². The summed E-state index contributed by atoms with van der Waals surface area (Å²) in [6.45, 7) is 2.78. The molecule has 19 heavy (non-hydrogen) atoms. The summed E-state index contributed by atoms with van der Waals surface area (Å²) in [4.78, 5) is 0.711. The highest BCUT2D eigenvalue weighted by Gasteiger charge is 2.05. The molecule has 0 amide bonds. The molecule has 1 nitrogen and oxygen atoms in total. The zero-order chi connectivity index (χ0) is 13.7. The van der Waals surface area contributed by atoms with E-state index in [9.17, 15) is 4.39 Å². The van der Waals surface area contributed by atoms with Gasteiger partial charge >= 0.3 is 0 Å². The molecule has 3 heteroatoms. The molecular formula is C16H18FNS. The van der Waals surface area contributed by atoms with Crippen molar-refractivity contribution in [1.82, 2.24) is 5.32 Å². The molecule has 2 aromatic carbocycles. The van der Waals surface area contributed by atoms with E-state index in [1.54, 1.807) is 17.8 Å². The standard InChI is InChI=1S/C16H18FNS/c1-12-5-3-4-6-14(12)11-19-16-8-7-13(10-18-2)9-15(16)17/h3-9,18H,10-11H2,1-2H3. The lowest BCUT2D eigenvalue weighted by molar-refractivity contribution is 0.598. The maximum atomic E-state index is 13.9. The molecule has 0 aromatic heterocycles. The largest absolute Gasteiger partial charge is 0.316 e. The van der Waals surface area contributed by atoms with Gasteiger partial charge in [0.05, 0.1) is 0 Å². The minimum absolute atomic E-state index is 0.133. The number of thioether (sulfide) groups is 1. The van der Waals surface area contributed by atoms with Gasteiger partial charge in [0, 0.05) is 17.2 Å². The number of hydrogen-bond acceptors (Lipinski definition) is 2. The maximum Gasteiger partial charge on any atom is 0.137 e. The van der Waals surface area contributed by atoms with Crippen molar-refractivity contribution in [2.24, 2.45) is 0 Å². The van der Waals surface area contributed by atoms with Crippen molar-refractivity contribution < 1.29 is 4.39 Å². The van der Waals surface area contributed by atoms with Crippen molar-refractivity contribution in [3.63, 3.8) is 0 Å². The van der Waals surface area contributed by atoms with Crippen molar-refractivity contribution in [2.45, 2.75) is 24.1 Å². The van der Waals surface area contributed by atoms with E-state index in [4.69, 9.17) is 0 Å². The van der Waals surface area contributed by atoms with E-state index in [1.807, 2.05) is 31.3 Å². The van der Waals surface area contributed by atoms with Gasteiger partial charge in [-0.15, -0.1) is 11.8 Å². The Morgan fingerprint density at radius 1 is 1.16 bits per heavy atom. The Morgan fingerprint density at radius 2 is 1.95 bits per heavy atom. The molecule has 0 heterocycles. The van der Waals surface area contributed by atoms with Crippen LogP contribution in [0.4, 0.5) is 4.39 Å². The number of aryl methyl sites for hydroxylation is 1. The van der Waals surface area contributed by atoms with E-state index in [2.05, 4.69) is 24.4 Å². The van der Waals surface area contributed by atoms with Crippen LogP contribution in [0.1, 0.15) is 16.7 Å². The lowest BCUT2D eigenvalue weighted by Gasteiger charge is -2.07. The highest BCUT2D eigenvalue weighted by atomic mass is 32.2. The van der Waals surface area contributed by atoms with E-state index in [1.165, 1.54) is 11.1 Å². The lowest BCUT2D eigenvalue weighted by atomic mass is 10.1. The van der Waals surface area contributed by atoms with Crippen LogP contribution in [0.3, 0.4) is 0 Å². The summed E-state index contributed by atoms with van der Waals surface area (Å²) >= 11 is 1.55. The summed E-state index contributed by atoms with van der Waals surface area (Å²) in [5.41, 5.74) is 3.48. The van der Waals surface area contributed by atoms with Gasteiger partial charge in [0.25, 0.3) is 0 Å². The first-order chi connectivity index (χ1) is 9.20. The number of hydrogen-bond donors (Lipinski definition) is 1. The van der Waals surface area contributed by atoms with Gasteiger partial charge < -0.3 is 5.32 Å². The molecule has 0 aliphatic heterocycles. The van der Waals surface area contributed by atoms with Crippen molar-refractivity contribution in [2.75, 3.05) is 7.05 Å². The Kier molecular flexibility index (Phi) is 5.00. The fourth-order valence-corrected chi connectivity index (χ4v) is 2.90. The van der Waals surface area contributed by atoms with Crippen LogP contribution in [0.25, 0.3) is 0 Å². The van der Waals surface area contributed by atoms with Crippen LogP contribution in [0, 0.1) is 12.7 Å². The van der Waals surface area contributed by atoms with Crippen molar-refractivity contribution in [1.29, 1.82) is 0 Å². The SMILES string of the molecule is CNCc1ccc(SCc2ccccc2C)c(F)c1. The molecule has 1 N–H and O–H groups in total. The van der Waals surface area contributed by atoms with Crippen LogP contribution in [0.15, 0.2) is 47.4 Å². The lowest BCUT2D eigenvalue weighted by Crippen LogP contribution is -2.05. The van der Waals surface area contributed by atoms with Gasteiger partial charge in [-0.2, -0.15) is 0 Å². The van der Waals surface area contributed by atoms with Gasteiger partial charge in [0.15, 0.2) is 0 Å². The average molecular weight is 275 g/mol. The normalized spacial score (nSPS) is 10.7. The summed E-state index contributed by atoms with van der Waals surface area (Å²) < 4.78 is 13.9. The quantitative estimate of drug-likeness (QED) is 0.823. The highest BCUT2D eigenvalue weighted by molar-refractivity contribution is 7.98. The predicted molar refractivity (Wildman–Crippen MR) is 79.9 cm³/mol. The van der Waals surface area contributed by atoms with Gasteiger partial charge in [-0.1, -0.05) is 30.3 Å². The van der Waals surface area contributed by atoms with Crippen molar-refractivity contribution >= 4 is 11.8 Å². The fraction of sp³-hybridized carbons (Fsp3) is 0.250. The molecule has 0 aliphatic rings. The zero-order valence-electron chi connectivity index (χ0n) is 11.2. The molecule has 2 rings (SSSR count). The average Bonchev–Trinajstić information content (AvgIpc) is 2.40. The predicted octanol–water partition coefficient (Wildman–Crippen LogP) is 4.15. The van der Waals surface area contributed by atoms with Gasteiger partial charge in [-0.25, -0.2) is 4.39 Å². The van der Waals surface area contributed by atoms with Crippen molar-refractivity contribution in [3.8, 4) is 0 Å². The molecule has 0 unspecified atom stereocenters. The molecule has 2 aromatic rings. The molecule has 0 bridgehead atoms. The molecule has 0 radical (unpaired) electrons. The zero-order valence-corrected chi connectivity index (χ0v) is 12.1. The molecule has 0 fully saturated rings. The summed E-state index contributed by atoms with van der Waals surface area (Å²) in [5.74, 6) is 0.668. The Hall–Kier alpha value is -1.32. The minimum Gasteiger partial charge on any atom is -0.316 e. The molecule has 0 spiro atoms. The monoisotopic (exact) mass is 275 g/mol. The van der Waals surface area contributed by atoms with E-state index in [0.29, 0.717) is 11.4 Å². The Morgan fingerprint density at radius 3 is 2.63 bits per heavy atom. The fourth-order valence-electron chi connectivity index (χ4n) is 1.90. The smallest absolute Gasteiger partial charge is 0.137 e. The Labute approximate surface area is 118 Å². The topological polar surface area (TPSA) is 12.0 Å². The Balaban J connectivity index is 2.06. The molecule has 0 saturated heterocycles. The molecule has 0 saturated carbocycles. The molecule has 0 aliphatic carbocycles. The van der Waals surface area contributed by atoms with E-state index < -0.39 is 0 Å². The number of halogens is 1. The Bertz CT molecular complexity index is 554. The third-order valence-corrected chi connectivity index (χ3v) is 4.12. The van der Waals surface area contributed by atoms with Crippen LogP contribution < -0.4 is 5.32 Å².